The number of rotatable bonds is 11. The Kier molecular flexibility index (Phi) is 11.1. The molecule has 0 bridgehead atoms. The number of hydrogen-bond donors (Lipinski definition) is 4. The predicted molar refractivity (Wildman–Crippen MR) is 167 cm³/mol. The van der Waals surface area contributed by atoms with E-state index in [2.05, 4.69) is 30.9 Å². The van der Waals surface area contributed by atoms with Crippen LogP contribution in [0, 0.1) is 11.3 Å². The Balaban J connectivity index is 1.22. The smallest absolute Gasteiger partial charge is 0.405 e. The van der Waals surface area contributed by atoms with Gasteiger partial charge in [0.15, 0.2) is 0 Å². The predicted octanol–water partition coefficient (Wildman–Crippen LogP) is 4.02. The number of nitrogens with one attached hydrogen (secondary N) is 3. The van der Waals surface area contributed by atoms with Crippen LogP contribution in [-0.2, 0) is 22.6 Å². The van der Waals surface area contributed by atoms with E-state index in [1.807, 2.05) is 35.3 Å². The third-order valence-electron chi connectivity index (χ3n) is 10.1. The number of carbonyl (C=O) groups excluding carboxylic acids is 2. The van der Waals surface area contributed by atoms with Gasteiger partial charge >= 0.3 is 6.09 Å². The van der Waals surface area contributed by atoms with E-state index in [-0.39, 0.29) is 41.9 Å². The average molecular weight is 628 g/mol. The van der Waals surface area contributed by atoms with Crippen molar-refractivity contribution in [1.29, 1.82) is 0 Å². The van der Waals surface area contributed by atoms with Crippen molar-refractivity contribution < 1.29 is 19.5 Å². The number of benzene rings is 1. The lowest BCUT2D eigenvalue weighted by atomic mass is 9.63. The highest BCUT2D eigenvalue weighted by Gasteiger charge is 2.44. The van der Waals surface area contributed by atoms with Crippen LogP contribution in [-0.4, -0.2) is 80.4 Å². The van der Waals surface area contributed by atoms with Gasteiger partial charge in [0.2, 0.25) is 11.8 Å². The fraction of sp³-hybridized carbons (Fsp3) is 0.656. The van der Waals surface area contributed by atoms with Crippen molar-refractivity contribution in [3.63, 3.8) is 0 Å². The average Bonchev–Trinajstić information content (AvgIpc) is 3.55. The largest absolute Gasteiger partial charge is 0.465 e. The molecule has 11 nitrogen and oxygen atoms in total. The maximum atomic E-state index is 14.2. The van der Waals surface area contributed by atoms with Gasteiger partial charge in [-0.25, -0.2) is 9.78 Å². The summed E-state index contributed by atoms with van der Waals surface area (Å²) in [5.74, 6) is 0.474. The van der Waals surface area contributed by atoms with E-state index >= 15 is 0 Å². The number of aromatic nitrogens is 3. The highest BCUT2D eigenvalue weighted by atomic mass is 35.5. The van der Waals surface area contributed by atoms with Crippen LogP contribution in [0.1, 0.15) is 76.2 Å². The van der Waals surface area contributed by atoms with Crippen LogP contribution < -0.4 is 16.0 Å². The van der Waals surface area contributed by atoms with Crippen LogP contribution in [0.3, 0.4) is 0 Å². The Hall–Kier alpha value is -3.18. The lowest BCUT2D eigenvalue weighted by molar-refractivity contribution is -0.137. The number of likely N-dealkylation sites (tertiary alicyclic amines) is 1. The fourth-order valence-corrected chi connectivity index (χ4v) is 7.76. The first kappa shape index (κ1) is 32.2. The number of piperidine rings is 1. The zero-order valence-corrected chi connectivity index (χ0v) is 26.2. The number of carbonyl (C=O) groups is 3. The van der Waals surface area contributed by atoms with E-state index in [9.17, 15) is 14.4 Å². The molecular weight excluding hydrogens is 582 g/mol. The lowest BCUT2D eigenvalue weighted by Crippen LogP contribution is -2.56. The Labute approximate surface area is 264 Å². The van der Waals surface area contributed by atoms with Gasteiger partial charge in [0, 0.05) is 36.7 Å². The van der Waals surface area contributed by atoms with Crippen molar-refractivity contribution >= 4 is 29.5 Å². The van der Waals surface area contributed by atoms with Gasteiger partial charge in [0.25, 0.3) is 0 Å². The van der Waals surface area contributed by atoms with E-state index in [0.29, 0.717) is 17.4 Å². The monoisotopic (exact) mass is 627 g/mol. The summed E-state index contributed by atoms with van der Waals surface area (Å²) in [7, 11) is 0. The summed E-state index contributed by atoms with van der Waals surface area (Å²) in [4.78, 5) is 43.2. The molecule has 1 aliphatic heterocycles. The standard InChI is InChI=1S/C32H46ClN7O4/c33-25-8-6-23(7-9-25)18-28(37-26-10-12-27(13-11-26)38-29(41)19-35-31(43)44)30(42)39-16-14-32(15-17-39,20-40-22-34-21-36-40)24-4-2-1-3-5-24/h6-9,21-22,24,26-28,35,37H,1-5,10-20H2,(H,38,41)(H,43,44)/t26-,27+,28-/m1/s1. The van der Waals surface area contributed by atoms with Gasteiger partial charge in [-0.2, -0.15) is 5.10 Å². The van der Waals surface area contributed by atoms with E-state index in [1.165, 1.54) is 32.1 Å². The molecule has 240 valence electrons. The van der Waals surface area contributed by atoms with Crippen LogP contribution in [0.25, 0.3) is 0 Å². The van der Waals surface area contributed by atoms with Crippen LogP contribution in [0.4, 0.5) is 4.79 Å². The van der Waals surface area contributed by atoms with Gasteiger partial charge < -0.3 is 26.0 Å². The first-order valence-corrected chi connectivity index (χ1v) is 16.6. The first-order valence-electron chi connectivity index (χ1n) is 16.2. The molecule has 5 rings (SSSR count). The Morgan fingerprint density at radius 2 is 1.66 bits per heavy atom. The Bertz CT molecular complexity index is 1220. The Morgan fingerprint density at radius 3 is 2.30 bits per heavy atom. The molecule has 3 amide bonds. The summed E-state index contributed by atoms with van der Waals surface area (Å²) in [6.07, 6.45) is 14.3. The highest BCUT2D eigenvalue weighted by molar-refractivity contribution is 6.30. The minimum atomic E-state index is -1.21. The summed E-state index contributed by atoms with van der Waals surface area (Å²) in [5, 5.41) is 22.6. The second kappa shape index (κ2) is 15.2. The fourth-order valence-electron chi connectivity index (χ4n) is 7.64. The van der Waals surface area contributed by atoms with Crippen molar-refractivity contribution in [3.05, 3.63) is 47.5 Å². The minimum Gasteiger partial charge on any atom is -0.465 e. The van der Waals surface area contributed by atoms with Crippen LogP contribution in [0.2, 0.25) is 5.02 Å². The van der Waals surface area contributed by atoms with Crippen LogP contribution in [0.5, 0.6) is 0 Å². The highest BCUT2D eigenvalue weighted by Crippen LogP contribution is 2.47. The van der Waals surface area contributed by atoms with Crippen LogP contribution in [0.15, 0.2) is 36.9 Å². The van der Waals surface area contributed by atoms with Crippen molar-refractivity contribution in [3.8, 4) is 0 Å². The topological polar surface area (TPSA) is 141 Å². The molecule has 0 unspecified atom stereocenters. The van der Waals surface area contributed by atoms with Crippen molar-refractivity contribution in [2.24, 2.45) is 11.3 Å². The SMILES string of the molecule is O=C(O)NCC(=O)N[C@H]1CC[C@@H](N[C@H](Cc2ccc(Cl)cc2)C(=O)N2CCC(Cn3cncn3)(C3CCCCC3)CC2)CC1. The Morgan fingerprint density at radius 1 is 0.977 bits per heavy atom. The first-order chi connectivity index (χ1) is 21.3. The molecule has 1 aromatic heterocycles. The molecule has 44 heavy (non-hydrogen) atoms. The second-order valence-electron chi connectivity index (χ2n) is 12.9. The molecule has 1 saturated heterocycles. The van der Waals surface area contributed by atoms with E-state index in [4.69, 9.17) is 16.7 Å². The van der Waals surface area contributed by atoms with Gasteiger partial charge in [-0.05, 0) is 86.8 Å². The molecule has 2 aliphatic carbocycles. The van der Waals surface area contributed by atoms with Crippen molar-refractivity contribution in [2.45, 2.75) is 102 Å². The quantitative estimate of drug-likeness (QED) is 0.295. The molecule has 0 spiro atoms. The number of nitrogens with zero attached hydrogens (tertiary/aromatic N) is 4. The summed E-state index contributed by atoms with van der Waals surface area (Å²) in [5.41, 5.74) is 1.19. The molecule has 3 fully saturated rings. The van der Waals surface area contributed by atoms with E-state index in [0.717, 1.165) is 63.7 Å². The lowest BCUT2D eigenvalue weighted by Gasteiger charge is -2.48. The number of amides is 3. The van der Waals surface area contributed by atoms with Gasteiger partial charge in [0.1, 0.15) is 12.7 Å². The zero-order valence-electron chi connectivity index (χ0n) is 25.4. The van der Waals surface area contributed by atoms with Crippen molar-refractivity contribution in [1.82, 2.24) is 35.6 Å². The summed E-state index contributed by atoms with van der Waals surface area (Å²) >= 11 is 6.15. The number of halogens is 1. The van der Waals surface area contributed by atoms with Gasteiger partial charge in [-0.3, -0.25) is 14.3 Å². The molecule has 1 aromatic carbocycles. The zero-order chi connectivity index (χ0) is 30.9. The van der Waals surface area contributed by atoms with Crippen LogP contribution >= 0.6 is 11.6 Å². The molecular formula is C32H46ClN7O4. The maximum Gasteiger partial charge on any atom is 0.405 e. The van der Waals surface area contributed by atoms with Gasteiger partial charge in [-0.15, -0.1) is 0 Å². The molecule has 3 aliphatic rings. The molecule has 2 heterocycles. The van der Waals surface area contributed by atoms with Gasteiger partial charge in [-0.1, -0.05) is 43.0 Å². The van der Waals surface area contributed by atoms with E-state index in [1.54, 1.807) is 6.33 Å². The molecule has 12 heteroatoms. The molecule has 1 atom stereocenters. The summed E-state index contributed by atoms with van der Waals surface area (Å²) in [6.45, 7) is 2.10. The summed E-state index contributed by atoms with van der Waals surface area (Å²) < 4.78 is 1.98. The number of carboxylic acid groups (broad SMARTS) is 1. The molecule has 2 aromatic rings. The van der Waals surface area contributed by atoms with Crippen molar-refractivity contribution in [2.75, 3.05) is 19.6 Å². The molecule has 2 saturated carbocycles. The summed E-state index contributed by atoms with van der Waals surface area (Å²) in [6, 6.07) is 7.52. The normalized spacial score (nSPS) is 23.1. The number of hydrogen-bond acceptors (Lipinski definition) is 6. The third kappa shape index (κ3) is 8.72. The molecule has 0 radical (unpaired) electrons. The van der Waals surface area contributed by atoms with Gasteiger partial charge in [0.05, 0.1) is 12.6 Å². The maximum absolute atomic E-state index is 14.2. The third-order valence-corrected chi connectivity index (χ3v) is 10.3. The molecule has 4 N–H and O–H groups in total. The minimum absolute atomic E-state index is 0.00144. The second-order valence-corrected chi connectivity index (χ2v) is 13.4. The van der Waals surface area contributed by atoms with E-state index < -0.39 is 6.09 Å².